The highest BCUT2D eigenvalue weighted by Crippen LogP contribution is 2.30. The Bertz CT molecular complexity index is 1220. The van der Waals surface area contributed by atoms with Gasteiger partial charge in [-0.05, 0) is 43.2 Å². The predicted molar refractivity (Wildman–Crippen MR) is 115 cm³/mol. The van der Waals surface area contributed by atoms with Crippen molar-refractivity contribution in [2.45, 2.75) is 18.9 Å². The lowest BCUT2D eigenvalue weighted by atomic mass is 10.1. The van der Waals surface area contributed by atoms with Gasteiger partial charge in [-0.15, -0.1) is 0 Å². The first-order valence-corrected chi connectivity index (χ1v) is 10.1. The molecule has 3 N–H and O–H groups in total. The summed E-state index contributed by atoms with van der Waals surface area (Å²) in [5.41, 5.74) is 8.58. The molecule has 31 heavy (non-hydrogen) atoms. The number of nitrogens with zero attached hydrogens (tertiary/aromatic N) is 5. The van der Waals surface area contributed by atoms with Crippen LogP contribution in [0.15, 0.2) is 55.0 Å². The first-order valence-electron chi connectivity index (χ1n) is 10.1. The number of nitrogens with one attached hydrogen (secondary N) is 1. The quantitative estimate of drug-likeness (QED) is 0.522. The molecule has 1 aliphatic heterocycles. The lowest BCUT2D eigenvalue weighted by Gasteiger charge is -2.33. The standard InChI is InChI=1S/C22H21F2N7/c23-16-4-1-5-17(24)21(16)18-7-6-15-11-27-22(31(15)29-18)28-19-12-26-9-8-20(19)30-10-2-3-14(25)13-30/h1,4-9,11-12,14H,2-3,10,13,25H2,(H,27,28). The number of fused-ring (bicyclic) bond motifs is 1. The number of pyridine rings is 1. The van der Waals surface area contributed by atoms with E-state index in [9.17, 15) is 8.78 Å². The fraction of sp³-hybridized carbons (Fsp3) is 0.227. The van der Waals surface area contributed by atoms with Crippen molar-refractivity contribution in [2.75, 3.05) is 23.3 Å². The molecule has 0 spiro atoms. The van der Waals surface area contributed by atoms with Crippen molar-refractivity contribution in [2.24, 2.45) is 5.73 Å². The van der Waals surface area contributed by atoms with E-state index in [1.54, 1.807) is 30.7 Å². The van der Waals surface area contributed by atoms with Crippen LogP contribution in [0.2, 0.25) is 0 Å². The molecular formula is C22H21F2N7. The Hall–Kier alpha value is -3.59. The second kappa shape index (κ2) is 7.92. The molecule has 7 nitrogen and oxygen atoms in total. The van der Waals surface area contributed by atoms with Gasteiger partial charge in [0.1, 0.15) is 11.6 Å². The van der Waals surface area contributed by atoms with Crippen LogP contribution in [0.1, 0.15) is 12.8 Å². The molecule has 3 aromatic heterocycles. The molecule has 0 aliphatic carbocycles. The van der Waals surface area contributed by atoms with Gasteiger partial charge in [0.2, 0.25) is 5.95 Å². The second-order valence-corrected chi connectivity index (χ2v) is 7.60. The van der Waals surface area contributed by atoms with E-state index in [0.717, 1.165) is 37.3 Å². The minimum absolute atomic E-state index is 0.127. The highest BCUT2D eigenvalue weighted by Gasteiger charge is 2.20. The highest BCUT2D eigenvalue weighted by molar-refractivity contribution is 5.74. The van der Waals surface area contributed by atoms with E-state index in [1.165, 1.54) is 22.7 Å². The number of imidazole rings is 1. The number of anilines is 3. The zero-order valence-electron chi connectivity index (χ0n) is 16.7. The molecule has 1 saturated heterocycles. The van der Waals surface area contributed by atoms with Crippen LogP contribution in [-0.2, 0) is 0 Å². The predicted octanol–water partition coefficient (Wildman–Crippen LogP) is 3.74. The van der Waals surface area contributed by atoms with Crippen molar-refractivity contribution in [1.29, 1.82) is 0 Å². The summed E-state index contributed by atoms with van der Waals surface area (Å²) in [6, 6.07) is 9.11. The molecule has 1 fully saturated rings. The number of hydrogen-bond acceptors (Lipinski definition) is 6. The molecule has 9 heteroatoms. The van der Waals surface area contributed by atoms with Gasteiger partial charge in [0, 0.05) is 25.3 Å². The van der Waals surface area contributed by atoms with Crippen molar-refractivity contribution >= 4 is 22.8 Å². The number of benzene rings is 1. The van der Waals surface area contributed by atoms with Crippen molar-refractivity contribution in [3.8, 4) is 11.3 Å². The molecule has 0 bridgehead atoms. The van der Waals surface area contributed by atoms with Crippen LogP contribution in [0.3, 0.4) is 0 Å². The Balaban J connectivity index is 1.52. The Kier molecular flexibility index (Phi) is 4.95. The van der Waals surface area contributed by atoms with Gasteiger partial charge in [0.25, 0.3) is 0 Å². The molecule has 1 aliphatic rings. The van der Waals surface area contributed by atoms with E-state index in [2.05, 4.69) is 25.3 Å². The van der Waals surface area contributed by atoms with E-state index < -0.39 is 11.6 Å². The monoisotopic (exact) mass is 421 g/mol. The largest absolute Gasteiger partial charge is 0.368 e. The van der Waals surface area contributed by atoms with Crippen molar-refractivity contribution in [1.82, 2.24) is 19.6 Å². The van der Waals surface area contributed by atoms with Gasteiger partial charge >= 0.3 is 0 Å². The third kappa shape index (κ3) is 3.68. The van der Waals surface area contributed by atoms with Gasteiger partial charge in [-0.1, -0.05) is 6.07 Å². The SMILES string of the molecule is NC1CCCN(c2ccncc2Nc2ncc3ccc(-c4c(F)cccc4F)nn23)C1. The van der Waals surface area contributed by atoms with Crippen molar-refractivity contribution in [3.63, 3.8) is 0 Å². The van der Waals surface area contributed by atoms with Crippen LogP contribution >= 0.6 is 0 Å². The molecule has 158 valence electrons. The summed E-state index contributed by atoms with van der Waals surface area (Å²) < 4.78 is 30.0. The molecule has 1 aromatic carbocycles. The molecular weight excluding hydrogens is 400 g/mol. The Morgan fingerprint density at radius 2 is 1.90 bits per heavy atom. The van der Waals surface area contributed by atoms with Gasteiger partial charge < -0.3 is 16.0 Å². The smallest absolute Gasteiger partial charge is 0.229 e. The van der Waals surface area contributed by atoms with Crippen LogP contribution in [0.4, 0.5) is 26.1 Å². The van der Waals surface area contributed by atoms with Gasteiger partial charge in [-0.2, -0.15) is 9.61 Å². The number of piperidine rings is 1. The number of aromatic nitrogens is 4. The maximum atomic E-state index is 14.3. The van der Waals surface area contributed by atoms with E-state index >= 15 is 0 Å². The summed E-state index contributed by atoms with van der Waals surface area (Å²) in [6.45, 7) is 1.67. The van der Waals surface area contributed by atoms with E-state index in [-0.39, 0.29) is 17.3 Å². The average Bonchev–Trinajstić information content (AvgIpc) is 3.16. The van der Waals surface area contributed by atoms with Crippen molar-refractivity contribution < 1.29 is 8.78 Å². The van der Waals surface area contributed by atoms with Crippen LogP contribution in [-0.4, -0.2) is 38.7 Å². The number of rotatable bonds is 4. The Labute approximate surface area is 177 Å². The van der Waals surface area contributed by atoms with Crippen LogP contribution < -0.4 is 16.0 Å². The molecule has 1 unspecified atom stereocenters. The minimum Gasteiger partial charge on any atom is -0.368 e. The number of hydrogen-bond donors (Lipinski definition) is 2. The van der Waals surface area contributed by atoms with E-state index in [4.69, 9.17) is 5.73 Å². The van der Waals surface area contributed by atoms with E-state index in [0.29, 0.717) is 11.5 Å². The number of halogens is 2. The summed E-state index contributed by atoms with van der Waals surface area (Å²) >= 11 is 0. The average molecular weight is 421 g/mol. The second-order valence-electron chi connectivity index (χ2n) is 7.60. The normalized spacial score (nSPS) is 16.6. The molecule has 0 amide bonds. The molecule has 4 heterocycles. The third-order valence-corrected chi connectivity index (χ3v) is 5.45. The Morgan fingerprint density at radius 3 is 2.71 bits per heavy atom. The maximum Gasteiger partial charge on any atom is 0.229 e. The minimum atomic E-state index is -0.669. The third-order valence-electron chi connectivity index (χ3n) is 5.45. The zero-order chi connectivity index (χ0) is 21.4. The summed E-state index contributed by atoms with van der Waals surface area (Å²) in [6.07, 6.45) is 7.13. The summed E-state index contributed by atoms with van der Waals surface area (Å²) in [5, 5.41) is 7.71. The molecule has 1 atom stereocenters. The maximum absolute atomic E-state index is 14.3. The fourth-order valence-corrected chi connectivity index (χ4v) is 3.95. The summed E-state index contributed by atoms with van der Waals surface area (Å²) in [7, 11) is 0. The first kappa shape index (κ1) is 19.4. The van der Waals surface area contributed by atoms with Crippen LogP contribution in [0, 0.1) is 11.6 Å². The van der Waals surface area contributed by atoms with Crippen LogP contribution in [0.25, 0.3) is 16.8 Å². The lowest BCUT2D eigenvalue weighted by molar-refractivity contribution is 0.506. The number of nitrogens with two attached hydrogens (primary N) is 1. The van der Waals surface area contributed by atoms with Crippen molar-refractivity contribution in [3.05, 3.63) is 66.6 Å². The summed E-state index contributed by atoms with van der Waals surface area (Å²) in [4.78, 5) is 10.9. The Morgan fingerprint density at radius 1 is 1.06 bits per heavy atom. The van der Waals surface area contributed by atoms with Gasteiger partial charge in [0.05, 0.1) is 40.5 Å². The van der Waals surface area contributed by atoms with Crippen LogP contribution in [0.5, 0.6) is 0 Å². The highest BCUT2D eigenvalue weighted by atomic mass is 19.1. The van der Waals surface area contributed by atoms with Gasteiger partial charge in [-0.25, -0.2) is 13.8 Å². The van der Waals surface area contributed by atoms with Gasteiger partial charge in [0.15, 0.2) is 0 Å². The van der Waals surface area contributed by atoms with Gasteiger partial charge in [-0.3, -0.25) is 4.98 Å². The zero-order valence-corrected chi connectivity index (χ0v) is 16.7. The lowest BCUT2D eigenvalue weighted by Crippen LogP contribution is -2.43. The molecule has 4 aromatic rings. The molecule has 5 rings (SSSR count). The molecule has 0 saturated carbocycles. The first-order chi connectivity index (χ1) is 15.1. The molecule has 0 radical (unpaired) electrons. The summed E-state index contributed by atoms with van der Waals surface area (Å²) in [5.74, 6) is -0.918. The van der Waals surface area contributed by atoms with E-state index in [1.807, 2.05) is 6.07 Å². The topological polar surface area (TPSA) is 84.4 Å². The fourth-order valence-electron chi connectivity index (χ4n) is 3.95.